The van der Waals surface area contributed by atoms with Crippen LogP contribution < -0.4 is 15.4 Å². The first-order valence-electron chi connectivity index (χ1n) is 8.11. The second kappa shape index (κ2) is 8.50. The van der Waals surface area contributed by atoms with Gasteiger partial charge >= 0.3 is 0 Å². The maximum Gasteiger partial charge on any atom is 0.224 e. The standard InChI is InChI=1S/C17H23FN2O3/c1-2-19-16(21)9-10-17(22)20-12-7-8-15(14(18)11-12)23-13-5-3-4-6-13/h7-8,11,13H,2-6,9-10H2,1H3,(H,19,21)(H,20,22). The Kier molecular flexibility index (Phi) is 6.38. The van der Waals surface area contributed by atoms with Crippen molar-refractivity contribution in [3.8, 4) is 5.75 Å². The Morgan fingerprint density at radius 3 is 2.57 bits per heavy atom. The normalized spacial score (nSPS) is 14.5. The van der Waals surface area contributed by atoms with Crippen LogP contribution in [0.15, 0.2) is 18.2 Å². The Bertz CT molecular complexity index is 557. The van der Waals surface area contributed by atoms with Gasteiger partial charge in [0.15, 0.2) is 11.6 Å². The van der Waals surface area contributed by atoms with E-state index < -0.39 is 5.82 Å². The summed E-state index contributed by atoms with van der Waals surface area (Å²) in [5, 5.41) is 5.21. The molecule has 0 heterocycles. The molecule has 0 aliphatic heterocycles. The third kappa shape index (κ3) is 5.54. The van der Waals surface area contributed by atoms with Gasteiger partial charge in [0.25, 0.3) is 0 Å². The van der Waals surface area contributed by atoms with Gasteiger partial charge in [0.1, 0.15) is 0 Å². The number of hydrogen-bond acceptors (Lipinski definition) is 3. The highest BCUT2D eigenvalue weighted by Gasteiger charge is 2.18. The first-order valence-corrected chi connectivity index (χ1v) is 8.11. The number of nitrogens with one attached hydrogen (secondary N) is 2. The lowest BCUT2D eigenvalue weighted by Crippen LogP contribution is -2.24. The first-order chi connectivity index (χ1) is 11.1. The van der Waals surface area contributed by atoms with E-state index in [0.29, 0.717) is 12.2 Å². The average Bonchev–Trinajstić information content (AvgIpc) is 3.01. The zero-order valence-corrected chi connectivity index (χ0v) is 13.4. The van der Waals surface area contributed by atoms with Crippen LogP contribution in [0.3, 0.4) is 0 Å². The Labute approximate surface area is 135 Å². The van der Waals surface area contributed by atoms with Gasteiger partial charge in [0.05, 0.1) is 6.10 Å². The van der Waals surface area contributed by atoms with E-state index in [-0.39, 0.29) is 36.5 Å². The molecule has 2 N–H and O–H groups in total. The molecular weight excluding hydrogens is 299 g/mol. The Morgan fingerprint density at radius 1 is 1.22 bits per heavy atom. The minimum atomic E-state index is -0.488. The van der Waals surface area contributed by atoms with E-state index in [1.807, 2.05) is 6.92 Å². The number of anilines is 1. The number of carbonyl (C=O) groups excluding carboxylic acids is 2. The van der Waals surface area contributed by atoms with Crippen molar-refractivity contribution in [1.29, 1.82) is 0 Å². The van der Waals surface area contributed by atoms with E-state index in [1.165, 1.54) is 12.1 Å². The number of benzene rings is 1. The first kappa shape index (κ1) is 17.2. The third-order valence-corrected chi connectivity index (χ3v) is 3.76. The van der Waals surface area contributed by atoms with Gasteiger partial charge in [-0.05, 0) is 44.7 Å². The van der Waals surface area contributed by atoms with Crippen molar-refractivity contribution in [3.05, 3.63) is 24.0 Å². The molecule has 1 aliphatic rings. The lowest BCUT2D eigenvalue weighted by atomic mass is 10.2. The number of ether oxygens (including phenoxy) is 1. The van der Waals surface area contributed by atoms with Gasteiger partial charge in [0.2, 0.25) is 11.8 Å². The molecule has 1 fully saturated rings. The molecule has 23 heavy (non-hydrogen) atoms. The number of halogens is 1. The highest BCUT2D eigenvalue weighted by molar-refractivity contribution is 5.93. The van der Waals surface area contributed by atoms with Crippen LogP contribution in [0.25, 0.3) is 0 Å². The van der Waals surface area contributed by atoms with E-state index >= 15 is 0 Å². The predicted molar refractivity (Wildman–Crippen MR) is 85.8 cm³/mol. The fraction of sp³-hybridized carbons (Fsp3) is 0.529. The van der Waals surface area contributed by atoms with Gasteiger partial charge in [-0.2, -0.15) is 0 Å². The predicted octanol–water partition coefficient (Wildman–Crippen LogP) is 3.00. The van der Waals surface area contributed by atoms with Crippen molar-refractivity contribution in [3.63, 3.8) is 0 Å². The molecule has 0 bridgehead atoms. The summed E-state index contributed by atoms with van der Waals surface area (Å²) in [6.07, 6.45) is 4.41. The van der Waals surface area contributed by atoms with Crippen LogP contribution in [-0.2, 0) is 9.59 Å². The van der Waals surface area contributed by atoms with Gasteiger partial charge in [-0.15, -0.1) is 0 Å². The number of hydrogen-bond donors (Lipinski definition) is 2. The van der Waals surface area contributed by atoms with E-state index in [2.05, 4.69) is 10.6 Å². The summed E-state index contributed by atoms with van der Waals surface area (Å²) in [5.41, 5.74) is 0.363. The van der Waals surface area contributed by atoms with Crippen molar-refractivity contribution in [2.24, 2.45) is 0 Å². The molecule has 1 aromatic carbocycles. The molecule has 5 nitrogen and oxygen atoms in total. The van der Waals surface area contributed by atoms with E-state index in [0.717, 1.165) is 25.7 Å². The maximum atomic E-state index is 14.0. The lowest BCUT2D eigenvalue weighted by Gasteiger charge is -2.14. The fourth-order valence-electron chi connectivity index (χ4n) is 2.60. The van der Waals surface area contributed by atoms with Crippen LogP contribution >= 0.6 is 0 Å². The summed E-state index contributed by atoms with van der Waals surface area (Å²) in [6.45, 7) is 2.35. The van der Waals surface area contributed by atoms with Crippen LogP contribution in [0.4, 0.5) is 10.1 Å². The molecule has 0 aromatic heterocycles. The summed E-state index contributed by atoms with van der Waals surface area (Å²) in [4.78, 5) is 23.0. The molecule has 0 spiro atoms. The molecule has 0 atom stereocenters. The number of amides is 2. The van der Waals surface area contributed by atoms with Crippen molar-refractivity contribution < 1.29 is 18.7 Å². The molecular formula is C17H23FN2O3. The number of carbonyl (C=O) groups is 2. The lowest BCUT2D eigenvalue weighted by molar-refractivity contribution is -0.124. The highest BCUT2D eigenvalue weighted by Crippen LogP contribution is 2.27. The van der Waals surface area contributed by atoms with E-state index in [4.69, 9.17) is 4.74 Å². The third-order valence-electron chi connectivity index (χ3n) is 3.76. The van der Waals surface area contributed by atoms with Gasteiger partial charge in [0, 0.05) is 31.1 Å². The Hall–Kier alpha value is -2.11. The average molecular weight is 322 g/mol. The van der Waals surface area contributed by atoms with E-state index in [9.17, 15) is 14.0 Å². The molecule has 1 aliphatic carbocycles. The van der Waals surface area contributed by atoms with Gasteiger partial charge in [-0.3, -0.25) is 9.59 Å². The van der Waals surface area contributed by atoms with Crippen LogP contribution in [0.1, 0.15) is 45.4 Å². The fourth-order valence-corrected chi connectivity index (χ4v) is 2.60. The van der Waals surface area contributed by atoms with Gasteiger partial charge in [-0.1, -0.05) is 0 Å². The molecule has 2 rings (SSSR count). The molecule has 0 saturated heterocycles. The van der Waals surface area contributed by atoms with Crippen molar-refractivity contribution in [2.75, 3.05) is 11.9 Å². The van der Waals surface area contributed by atoms with Crippen molar-refractivity contribution >= 4 is 17.5 Å². The summed E-state index contributed by atoms with van der Waals surface area (Å²) in [6, 6.07) is 4.39. The summed E-state index contributed by atoms with van der Waals surface area (Å²) < 4.78 is 19.7. The number of rotatable bonds is 7. The SMILES string of the molecule is CCNC(=O)CCC(=O)Nc1ccc(OC2CCCC2)c(F)c1. The van der Waals surface area contributed by atoms with Crippen molar-refractivity contribution in [2.45, 2.75) is 51.6 Å². The van der Waals surface area contributed by atoms with Crippen LogP contribution in [0.2, 0.25) is 0 Å². The minimum absolute atomic E-state index is 0.0633. The second-order valence-electron chi connectivity index (χ2n) is 5.67. The van der Waals surface area contributed by atoms with Crippen LogP contribution in [0.5, 0.6) is 5.75 Å². The largest absolute Gasteiger partial charge is 0.487 e. The van der Waals surface area contributed by atoms with Gasteiger partial charge in [-0.25, -0.2) is 4.39 Å². The quantitative estimate of drug-likeness (QED) is 0.811. The molecule has 1 aromatic rings. The molecule has 0 radical (unpaired) electrons. The highest BCUT2D eigenvalue weighted by atomic mass is 19.1. The maximum absolute atomic E-state index is 14.0. The molecule has 0 unspecified atom stereocenters. The smallest absolute Gasteiger partial charge is 0.224 e. The minimum Gasteiger partial charge on any atom is -0.487 e. The summed E-state index contributed by atoms with van der Waals surface area (Å²) in [5.74, 6) is -0.759. The molecule has 126 valence electrons. The van der Waals surface area contributed by atoms with Crippen LogP contribution in [0, 0.1) is 5.82 Å². The zero-order valence-electron chi connectivity index (χ0n) is 13.4. The monoisotopic (exact) mass is 322 g/mol. The molecule has 6 heteroatoms. The van der Waals surface area contributed by atoms with E-state index in [1.54, 1.807) is 6.07 Å². The van der Waals surface area contributed by atoms with Crippen LogP contribution in [-0.4, -0.2) is 24.5 Å². The summed E-state index contributed by atoms with van der Waals surface area (Å²) >= 11 is 0. The molecule has 2 amide bonds. The topological polar surface area (TPSA) is 67.4 Å². The Balaban J connectivity index is 1.84. The van der Waals surface area contributed by atoms with Crippen molar-refractivity contribution in [1.82, 2.24) is 5.32 Å². The molecule has 1 saturated carbocycles. The Morgan fingerprint density at radius 2 is 1.91 bits per heavy atom. The summed E-state index contributed by atoms with van der Waals surface area (Å²) in [7, 11) is 0. The van der Waals surface area contributed by atoms with Gasteiger partial charge < -0.3 is 15.4 Å². The second-order valence-corrected chi connectivity index (χ2v) is 5.67. The zero-order chi connectivity index (χ0) is 16.7.